The van der Waals surface area contributed by atoms with E-state index in [1.807, 2.05) is 13.8 Å². The van der Waals surface area contributed by atoms with Crippen LogP contribution in [0.2, 0.25) is 0 Å². The number of nitrogens with zero attached hydrogens (tertiary/aromatic N) is 2. The molecule has 0 aliphatic rings. The minimum Gasteiger partial charge on any atom is -0.462 e. The number of nitrogens with one attached hydrogen (secondary N) is 1. The van der Waals surface area contributed by atoms with E-state index < -0.39 is 11.9 Å². The number of esters is 2. The maximum Gasteiger partial charge on any atom is 0.348 e. The molecule has 0 aromatic carbocycles. The summed E-state index contributed by atoms with van der Waals surface area (Å²) in [5.74, 6) is -1.38. The number of amides is 1. The number of aryl methyl sites for hydroxylation is 2. The lowest BCUT2D eigenvalue weighted by Gasteiger charge is -2.07. The van der Waals surface area contributed by atoms with Crippen LogP contribution >= 0.6 is 34.4 Å². The van der Waals surface area contributed by atoms with Gasteiger partial charge in [-0.1, -0.05) is 11.8 Å². The molecule has 8 nitrogen and oxygen atoms in total. The van der Waals surface area contributed by atoms with E-state index in [0.717, 1.165) is 37.0 Å². The van der Waals surface area contributed by atoms with Gasteiger partial charge in [0.15, 0.2) is 0 Å². The molecule has 32 heavy (non-hydrogen) atoms. The van der Waals surface area contributed by atoms with Gasteiger partial charge < -0.3 is 14.8 Å². The largest absolute Gasteiger partial charge is 0.462 e. The fourth-order valence-electron chi connectivity index (χ4n) is 3.00. The fraction of sp³-hybridized carbons (Fsp3) is 0.381. The lowest BCUT2D eigenvalue weighted by Crippen LogP contribution is -2.16. The van der Waals surface area contributed by atoms with E-state index in [-0.39, 0.29) is 40.3 Å². The number of fused-ring (bicyclic) bond motifs is 1. The third-order valence-corrected chi connectivity index (χ3v) is 7.90. The molecular formula is C21H23N3O5S3. The molecule has 3 heterocycles. The number of thiophene rings is 2. The number of hydrogen-bond donors (Lipinski definition) is 1. The van der Waals surface area contributed by atoms with E-state index in [2.05, 4.69) is 15.3 Å². The fourth-order valence-corrected chi connectivity index (χ4v) is 6.02. The highest BCUT2D eigenvalue weighted by Gasteiger charge is 2.27. The standard InChI is InChI=1S/C21H23N3O5S3/c1-6-28-20(26)15-11(4)16(21(27)29-7-2)32-19(15)24-13(25)8-30-17-14-10(3)12(5)31-18(14)23-9-22-17/h9H,6-8H2,1-5H3,(H,24,25). The first-order valence-electron chi connectivity index (χ1n) is 9.89. The summed E-state index contributed by atoms with van der Waals surface area (Å²) in [6.07, 6.45) is 1.49. The molecule has 1 amide bonds. The summed E-state index contributed by atoms with van der Waals surface area (Å²) >= 11 is 3.89. The van der Waals surface area contributed by atoms with Crippen molar-refractivity contribution in [2.75, 3.05) is 24.3 Å². The average molecular weight is 494 g/mol. The quantitative estimate of drug-likeness (QED) is 0.272. The summed E-state index contributed by atoms with van der Waals surface area (Å²) in [7, 11) is 0. The van der Waals surface area contributed by atoms with Crippen molar-refractivity contribution in [1.82, 2.24) is 9.97 Å². The van der Waals surface area contributed by atoms with Crippen molar-refractivity contribution in [3.05, 3.63) is 32.8 Å². The third-order valence-electron chi connectivity index (χ3n) is 4.61. The predicted octanol–water partition coefficient (Wildman–Crippen LogP) is 4.76. The lowest BCUT2D eigenvalue weighted by atomic mass is 10.1. The van der Waals surface area contributed by atoms with Gasteiger partial charge in [0.2, 0.25) is 5.91 Å². The molecule has 0 bridgehead atoms. The van der Waals surface area contributed by atoms with Gasteiger partial charge in [-0.15, -0.1) is 22.7 Å². The van der Waals surface area contributed by atoms with Gasteiger partial charge in [0.05, 0.1) is 24.5 Å². The molecule has 0 saturated carbocycles. The molecule has 0 spiro atoms. The van der Waals surface area contributed by atoms with Crippen LogP contribution in [-0.4, -0.2) is 46.8 Å². The Morgan fingerprint density at radius 3 is 2.38 bits per heavy atom. The summed E-state index contributed by atoms with van der Waals surface area (Å²) < 4.78 is 10.2. The average Bonchev–Trinajstić information content (AvgIpc) is 3.23. The van der Waals surface area contributed by atoms with Crippen molar-refractivity contribution in [3.63, 3.8) is 0 Å². The van der Waals surface area contributed by atoms with E-state index in [9.17, 15) is 14.4 Å². The molecule has 170 valence electrons. The second-order valence-corrected chi connectivity index (χ2v) is 9.87. The summed E-state index contributed by atoms with van der Waals surface area (Å²) in [6.45, 7) is 9.45. The summed E-state index contributed by atoms with van der Waals surface area (Å²) in [4.78, 5) is 48.4. The first-order valence-corrected chi connectivity index (χ1v) is 12.5. The third kappa shape index (κ3) is 4.94. The lowest BCUT2D eigenvalue weighted by molar-refractivity contribution is -0.113. The van der Waals surface area contributed by atoms with Gasteiger partial charge in [-0.25, -0.2) is 19.6 Å². The van der Waals surface area contributed by atoms with Crippen LogP contribution in [0.1, 0.15) is 49.9 Å². The number of thioether (sulfide) groups is 1. The summed E-state index contributed by atoms with van der Waals surface area (Å²) in [5.41, 5.74) is 1.70. The molecule has 0 radical (unpaired) electrons. The van der Waals surface area contributed by atoms with Gasteiger partial charge >= 0.3 is 11.9 Å². The van der Waals surface area contributed by atoms with Gasteiger partial charge in [0.1, 0.15) is 26.1 Å². The normalized spacial score (nSPS) is 10.9. The Morgan fingerprint density at radius 2 is 1.69 bits per heavy atom. The minimum atomic E-state index is -0.596. The Labute approximate surface area is 197 Å². The second kappa shape index (κ2) is 10.4. The molecule has 0 atom stereocenters. The molecule has 3 aromatic heterocycles. The van der Waals surface area contributed by atoms with Crippen molar-refractivity contribution >= 4 is 67.5 Å². The first-order chi connectivity index (χ1) is 15.3. The smallest absolute Gasteiger partial charge is 0.348 e. The Balaban J connectivity index is 1.82. The topological polar surface area (TPSA) is 107 Å². The van der Waals surface area contributed by atoms with Crippen LogP contribution in [0.25, 0.3) is 10.2 Å². The number of hydrogen-bond acceptors (Lipinski definition) is 10. The van der Waals surface area contributed by atoms with Crippen molar-refractivity contribution < 1.29 is 23.9 Å². The monoisotopic (exact) mass is 493 g/mol. The highest BCUT2D eigenvalue weighted by Crippen LogP contribution is 2.36. The predicted molar refractivity (Wildman–Crippen MR) is 127 cm³/mol. The van der Waals surface area contributed by atoms with Gasteiger partial charge in [-0.2, -0.15) is 0 Å². The van der Waals surface area contributed by atoms with E-state index in [1.54, 1.807) is 32.1 Å². The van der Waals surface area contributed by atoms with Crippen molar-refractivity contribution in [3.8, 4) is 0 Å². The zero-order valence-corrected chi connectivity index (χ0v) is 20.8. The molecule has 0 aliphatic carbocycles. The highest BCUT2D eigenvalue weighted by molar-refractivity contribution is 8.00. The molecular weight excluding hydrogens is 470 g/mol. The molecule has 0 fully saturated rings. The van der Waals surface area contributed by atoms with E-state index in [1.165, 1.54) is 18.1 Å². The van der Waals surface area contributed by atoms with E-state index in [4.69, 9.17) is 9.47 Å². The number of ether oxygens (including phenoxy) is 2. The Kier molecular flexibility index (Phi) is 7.86. The number of aromatic nitrogens is 2. The Morgan fingerprint density at radius 1 is 1.00 bits per heavy atom. The summed E-state index contributed by atoms with van der Waals surface area (Å²) in [5, 5.41) is 4.71. The molecule has 11 heteroatoms. The van der Waals surface area contributed by atoms with Crippen LogP contribution in [0, 0.1) is 20.8 Å². The van der Waals surface area contributed by atoms with Crippen LogP contribution in [-0.2, 0) is 14.3 Å². The van der Waals surface area contributed by atoms with Gasteiger partial charge in [0.25, 0.3) is 0 Å². The molecule has 3 rings (SSSR count). The second-order valence-electron chi connectivity index (χ2n) is 6.68. The zero-order valence-electron chi connectivity index (χ0n) is 18.4. The molecule has 0 saturated heterocycles. The maximum atomic E-state index is 12.7. The highest BCUT2D eigenvalue weighted by atomic mass is 32.2. The van der Waals surface area contributed by atoms with Crippen LogP contribution in [0.5, 0.6) is 0 Å². The first kappa shape index (κ1) is 24.1. The minimum absolute atomic E-state index is 0.0778. The molecule has 0 unspecified atom stereocenters. The van der Waals surface area contributed by atoms with Crippen molar-refractivity contribution in [2.45, 2.75) is 39.6 Å². The van der Waals surface area contributed by atoms with E-state index >= 15 is 0 Å². The van der Waals surface area contributed by atoms with Crippen molar-refractivity contribution in [1.29, 1.82) is 0 Å². The zero-order chi connectivity index (χ0) is 23.4. The number of carbonyl (C=O) groups excluding carboxylic acids is 3. The van der Waals surface area contributed by atoms with Crippen LogP contribution in [0.15, 0.2) is 11.4 Å². The van der Waals surface area contributed by atoms with Crippen LogP contribution in [0.4, 0.5) is 5.00 Å². The summed E-state index contributed by atoms with van der Waals surface area (Å²) in [6, 6.07) is 0. The van der Waals surface area contributed by atoms with Crippen LogP contribution < -0.4 is 5.32 Å². The molecule has 3 aromatic rings. The van der Waals surface area contributed by atoms with Gasteiger partial charge in [-0.3, -0.25) is 4.79 Å². The SMILES string of the molecule is CCOC(=O)c1sc(NC(=O)CSc2ncnc3sc(C)c(C)c23)c(C(=O)OCC)c1C. The number of anilines is 1. The number of rotatable bonds is 8. The van der Waals surface area contributed by atoms with Gasteiger partial charge in [0, 0.05) is 10.3 Å². The maximum absolute atomic E-state index is 12.7. The van der Waals surface area contributed by atoms with Gasteiger partial charge in [-0.05, 0) is 45.7 Å². The number of carbonyl (C=O) groups is 3. The Bertz CT molecular complexity index is 1190. The van der Waals surface area contributed by atoms with Crippen LogP contribution in [0.3, 0.4) is 0 Å². The van der Waals surface area contributed by atoms with E-state index in [0.29, 0.717) is 5.56 Å². The molecule has 0 aliphatic heterocycles. The molecule has 1 N–H and O–H groups in total. The Hall–Kier alpha value is -2.50. The van der Waals surface area contributed by atoms with Crippen molar-refractivity contribution in [2.24, 2.45) is 0 Å².